The third-order valence-electron chi connectivity index (χ3n) is 5.00. The van der Waals surface area contributed by atoms with E-state index in [0.717, 1.165) is 36.9 Å². The van der Waals surface area contributed by atoms with Gasteiger partial charge in [-0.15, -0.1) is 0 Å². The van der Waals surface area contributed by atoms with Crippen molar-refractivity contribution in [1.29, 1.82) is 0 Å². The van der Waals surface area contributed by atoms with Crippen LogP contribution in [0.15, 0.2) is 40.9 Å². The smallest absolute Gasteiger partial charge is 0.289 e. The van der Waals surface area contributed by atoms with E-state index in [0.29, 0.717) is 22.7 Å². The van der Waals surface area contributed by atoms with Crippen molar-refractivity contribution in [3.8, 4) is 0 Å². The molecule has 2 aromatic heterocycles. The minimum Gasteiger partial charge on any atom is -0.451 e. The number of nitrogens with zero attached hydrogens (tertiary/aromatic N) is 2. The summed E-state index contributed by atoms with van der Waals surface area (Å²) in [7, 11) is 1.85. The zero-order valence-corrected chi connectivity index (χ0v) is 15.6. The maximum absolute atomic E-state index is 12.6. The van der Waals surface area contributed by atoms with Crippen LogP contribution in [0.2, 0.25) is 0 Å². The Labute approximate surface area is 157 Å². The Morgan fingerprint density at radius 1 is 1.07 bits per heavy atom. The largest absolute Gasteiger partial charge is 0.451 e. The number of likely N-dealkylation sites (tertiary alicyclic amines) is 1. The summed E-state index contributed by atoms with van der Waals surface area (Å²) in [4.78, 5) is 27.0. The Hall–Kier alpha value is -3.02. The number of hydrogen-bond acceptors (Lipinski definition) is 3. The third-order valence-corrected chi connectivity index (χ3v) is 5.00. The number of rotatable bonds is 3. The molecule has 0 radical (unpaired) electrons. The van der Waals surface area contributed by atoms with Crippen LogP contribution < -0.4 is 5.32 Å². The summed E-state index contributed by atoms with van der Waals surface area (Å²) < 4.78 is 7.54. The van der Waals surface area contributed by atoms with Gasteiger partial charge in [0.15, 0.2) is 5.76 Å². The van der Waals surface area contributed by atoms with Gasteiger partial charge in [-0.2, -0.15) is 0 Å². The number of nitrogens with one attached hydrogen (secondary N) is 1. The first kappa shape index (κ1) is 17.4. The van der Waals surface area contributed by atoms with Crippen LogP contribution in [0.3, 0.4) is 0 Å². The maximum Gasteiger partial charge on any atom is 0.289 e. The van der Waals surface area contributed by atoms with Gasteiger partial charge in [0.25, 0.3) is 11.8 Å². The minimum absolute atomic E-state index is 0.0595. The lowest BCUT2D eigenvalue weighted by molar-refractivity contribution is 0.0694. The van der Waals surface area contributed by atoms with Crippen LogP contribution in [0.4, 0.5) is 5.69 Å². The van der Waals surface area contributed by atoms with E-state index in [1.165, 1.54) is 6.42 Å². The Balaban J connectivity index is 1.54. The fraction of sp³-hybridized carbons (Fsp3) is 0.333. The number of furan rings is 1. The van der Waals surface area contributed by atoms with E-state index in [2.05, 4.69) is 5.32 Å². The number of aryl methyl sites for hydroxylation is 2. The van der Waals surface area contributed by atoms with Crippen LogP contribution >= 0.6 is 0 Å². The molecule has 0 spiro atoms. The molecule has 0 bridgehead atoms. The fourth-order valence-electron chi connectivity index (χ4n) is 3.63. The van der Waals surface area contributed by atoms with Crippen molar-refractivity contribution >= 4 is 28.5 Å². The average Bonchev–Trinajstić information content (AvgIpc) is 3.24. The van der Waals surface area contributed by atoms with Gasteiger partial charge in [0.1, 0.15) is 11.3 Å². The van der Waals surface area contributed by atoms with Gasteiger partial charge >= 0.3 is 0 Å². The number of amides is 2. The van der Waals surface area contributed by atoms with E-state index in [1.54, 1.807) is 22.8 Å². The van der Waals surface area contributed by atoms with E-state index in [1.807, 2.05) is 37.2 Å². The number of aromatic nitrogens is 1. The molecule has 1 aliphatic heterocycles. The Kier molecular flexibility index (Phi) is 4.48. The van der Waals surface area contributed by atoms with Crippen molar-refractivity contribution < 1.29 is 14.0 Å². The number of carbonyl (C=O) groups is 2. The molecule has 6 heteroatoms. The van der Waals surface area contributed by atoms with Gasteiger partial charge in [0, 0.05) is 37.4 Å². The van der Waals surface area contributed by atoms with Crippen LogP contribution in [-0.4, -0.2) is 34.4 Å². The molecule has 1 fully saturated rings. The van der Waals surface area contributed by atoms with Crippen molar-refractivity contribution in [2.45, 2.75) is 26.2 Å². The Bertz CT molecular complexity index is 1010. The summed E-state index contributed by atoms with van der Waals surface area (Å²) in [6.07, 6.45) is 5.17. The van der Waals surface area contributed by atoms with Crippen LogP contribution in [0, 0.1) is 6.92 Å². The zero-order chi connectivity index (χ0) is 19.0. The van der Waals surface area contributed by atoms with Crippen LogP contribution in [0.5, 0.6) is 0 Å². The number of anilines is 1. The molecule has 140 valence electrons. The molecule has 1 saturated heterocycles. The molecular weight excluding hydrogens is 342 g/mol. The molecule has 3 aromatic rings. The first-order valence-corrected chi connectivity index (χ1v) is 9.28. The lowest BCUT2D eigenvalue weighted by Gasteiger charge is -2.25. The standard InChI is InChI=1S/C21H23N3O3/c1-14-10-17(23(2)13-14)20(25)22-16-6-7-18-15(11-16)12-19(27-18)21(26)24-8-4-3-5-9-24/h6-7,10-13H,3-5,8-9H2,1-2H3,(H,22,25). The zero-order valence-electron chi connectivity index (χ0n) is 15.6. The second-order valence-corrected chi connectivity index (χ2v) is 7.18. The second kappa shape index (κ2) is 6.95. The van der Waals surface area contributed by atoms with Gasteiger partial charge in [-0.3, -0.25) is 9.59 Å². The fourth-order valence-corrected chi connectivity index (χ4v) is 3.63. The first-order valence-electron chi connectivity index (χ1n) is 9.28. The van der Waals surface area contributed by atoms with Crippen molar-refractivity contribution in [1.82, 2.24) is 9.47 Å². The molecule has 1 aliphatic rings. The lowest BCUT2D eigenvalue weighted by atomic mass is 10.1. The predicted molar refractivity (Wildman–Crippen MR) is 104 cm³/mol. The summed E-state index contributed by atoms with van der Waals surface area (Å²) >= 11 is 0. The summed E-state index contributed by atoms with van der Waals surface area (Å²) in [6, 6.07) is 9.01. The highest BCUT2D eigenvalue weighted by Gasteiger charge is 2.21. The third kappa shape index (κ3) is 3.47. The maximum atomic E-state index is 12.6. The van der Waals surface area contributed by atoms with E-state index in [9.17, 15) is 9.59 Å². The average molecular weight is 365 g/mol. The Morgan fingerprint density at radius 3 is 2.56 bits per heavy atom. The summed E-state index contributed by atoms with van der Waals surface area (Å²) in [5.41, 5.74) is 2.95. The number of hydrogen-bond donors (Lipinski definition) is 1. The monoisotopic (exact) mass is 365 g/mol. The van der Waals surface area contributed by atoms with Crippen LogP contribution in [-0.2, 0) is 7.05 Å². The second-order valence-electron chi connectivity index (χ2n) is 7.18. The molecule has 3 heterocycles. The van der Waals surface area contributed by atoms with E-state index >= 15 is 0 Å². The van der Waals surface area contributed by atoms with Crippen molar-refractivity contribution in [3.63, 3.8) is 0 Å². The van der Waals surface area contributed by atoms with Gasteiger partial charge in [0.2, 0.25) is 0 Å². The Morgan fingerprint density at radius 2 is 1.85 bits per heavy atom. The predicted octanol–water partition coefficient (Wildman–Crippen LogP) is 3.96. The SMILES string of the molecule is Cc1cc(C(=O)Nc2ccc3oc(C(=O)N4CCCCC4)cc3c2)n(C)c1. The summed E-state index contributed by atoms with van der Waals surface area (Å²) in [5.74, 6) is 0.127. The van der Waals surface area contributed by atoms with E-state index in [-0.39, 0.29) is 11.8 Å². The summed E-state index contributed by atoms with van der Waals surface area (Å²) in [6.45, 7) is 3.52. The molecule has 2 amide bonds. The summed E-state index contributed by atoms with van der Waals surface area (Å²) in [5, 5.41) is 3.71. The molecule has 0 aliphatic carbocycles. The quantitative estimate of drug-likeness (QED) is 0.764. The van der Waals surface area contributed by atoms with Crippen molar-refractivity contribution in [2.75, 3.05) is 18.4 Å². The van der Waals surface area contributed by atoms with Gasteiger partial charge in [0.05, 0.1) is 0 Å². The van der Waals surface area contributed by atoms with Gasteiger partial charge in [-0.25, -0.2) is 0 Å². The highest BCUT2D eigenvalue weighted by atomic mass is 16.3. The topological polar surface area (TPSA) is 67.5 Å². The number of benzene rings is 1. The normalized spacial score (nSPS) is 14.5. The van der Waals surface area contributed by atoms with Crippen molar-refractivity contribution in [2.24, 2.45) is 7.05 Å². The van der Waals surface area contributed by atoms with Gasteiger partial charge < -0.3 is 19.2 Å². The van der Waals surface area contributed by atoms with Gasteiger partial charge in [-0.05, 0) is 62.1 Å². The molecule has 4 rings (SSSR count). The number of carbonyl (C=O) groups excluding carboxylic acids is 2. The molecule has 1 N–H and O–H groups in total. The van der Waals surface area contributed by atoms with Crippen molar-refractivity contribution in [3.05, 3.63) is 53.5 Å². The highest BCUT2D eigenvalue weighted by molar-refractivity contribution is 6.04. The minimum atomic E-state index is -0.168. The van der Waals surface area contributed by atoms with Crippen LogP contribution in [0.1, 0.15) is 45.9 Å². The molecule has 27 heavy (non-hydrogen) atoms. The molecule has 0 unspecified atom stereocenters. The van der Waals surface area contributed by atoms with Gasteiger partial charge in [-0.1, -0.05) is 0 Å². The molecule has 6 nitrogen and oxygen atoms in total. The highest BCUT2D eigenvalue weighted by Crippen LogP contribution is 2.25. The van der Waals surface area contributed by atoms with Crippen LogP contribution in [0.25, 0.3) is 11.0 Å². The molecule has 0 atom stereocenters. The lowest BCUT2D eigenvalue weighted by Crippen LogP contribution is -2.35. The van der Waals surface area contributed by atoms with E-state index < -0.39 is 0 Å². The van der Waals surface area contributed by atoms with E-state index in [4.69, 9.17) is 4.42 Å². The number of piperidine rings is 1. The molecule has 1 aromatic carbocycles. The number of fused-ring (bicyclic) bond motifs is 1. The molecular formula is C21H23N3O3. The molecule has 0 saturated carbocycles. The first-order chi connectivity index (χ1) is 13.0.